The van der Waals surface area contributed by atoms with Gasteiger partial charge in [0.15, 0.2) is 0 Å². The number of rotatable bonds is 9. The molecule has 0 aliphatic carbocycles. The second kappa shape index (κ2) is 10.6. The molecule has 0 spiro atoms. The normalized spacial score (nSPS) is 15.0. The second-order valence-electron chi connectivity index (χ2n) is 7.62. The molecule has 29 heavy (non-hydrogen) atoms. The lowest BCUT2D eigenvalue weighted by atomic mass is 10.1. The van der Waals surface area contributed by atoms with Gasteiger partial charge in [0.05, 0.1) is 11.9 Å². The van der Waals surface area contributed by atoms with Crippen LogP contribution in [0.2, 0.25) is 0 Å². The molecule has 1 saturated heterocycles. The van der Waals surface area contributed by atoms with Gasteiger partial charge >= 0.3 is 0 Å². The Morgan fingerprint density at radius 3 is 2.24 bits per heavy atom. The van der Waals surface area contributed by atoms with Crippen molar-refractivity contribution in [2.75, 3.05) is 57.4 Å². The number of hydrogen-bond acceptors (Lipinski definition) is 5. The SMILES string of the molecule is CN(C)C(=O)c1ccc(N(CC(=O)NCCCN2CCCCC2)S(C)(=O)=O)cc1. The molecule has 0 unspecified atom stereocenters. The molecule has 0 saturated carbocycles. The highest BCUT2D eigenvalue weighted by atomic mass is 32.2. The number of anilines is 1. The summed E-state index contributed by atoms with van der Waals surface area (Å²) in [5.41, 5.74) is 0.806. The molecule has 1 fully saturated rings. The molecule has 9 heteroatoms. The molecule has 2 amide bonds. The van der Waals surface area contributed by atoms with Crippen LogP contribution in [0.5, 0.6) is 0 Å². The Morgan fingerprint density at radius 1 is 1.07 bits per heavy atom. The summed E-state index contributed by atoms with van der Waals surface area (Å²) < 4.78 is 25.4. The standard InChI is InChI=1S/C20H32N4O4S/c1-22(2)20(26)17-8-10-18(11-9-17)24(29(3,27)28)16-19(25)21-12-7-15-23-13-5-4-6-14-23/h8-11H,4-7,12-16H2,1-3H3,(H,21,25). The lowest BCUT2D eigenvalue weighted by molar-refractivity contribution is -0.119. The van der Waals surface area contributed by atoms with E-state index in [1.165, 1.54) is 24.2 Å². The summed E-state index contributed by atoms with van der Waals surface area (Å²) in [6, 6.07) is 6.21. The Hall–Kier alpha value is -2.13. The van der Waals surface area contributed by atoms with Crippen molar-refractivity contribution in [1.29, 1.82) is 0 Å². The van der Waals surface area contributed by atoms with E-state index in [0.717, 1.165) is 36.6 Å². The summed E-state index contributed by atoms with van der Waals surface area (Å²) in [5, 5.41) is 2.81. The predicted molar refractivity (Wildman–Crippen MR) is 115 cm³/mol. The van der Waals surface area contributed by atoms with Crippen LogP contribution in [0.3, 0.4) is 0 Å². The van der Waals surface area contributed by atoms with Gasteiger partial charge in [-0.15, -0.1) is 0 Å². The first kappa shape index (κ1) is 23.2. The molecular formula is C20H32N4O4S. The van der Waals surface area contributed by atoms with Crippen molar-refractivity contribution >= 4 is 27.5 Å². The molecule has 1 aromatic rings. The van der Waals surface area contributed by atoms with Crippen molar-refractivity contribution in [2.45, 2.75) is 25.7 Å². The van der Waals surface area contributed by atoms with Crippen LogP contribution >= 0.6 is 0 Å². The van der Waals surface area contributed by atoms with Gasteiger partial charge in [-0.05, 0) is 63.2 Å². The van der Waals surface area contributed by atoms with Gasteiger partial charge in [-0.3, -0.25) is 13.9 Å². The number of nitrogens with zero attached hydrogens (tertiary/aromatic N) is 3. The van der Waals surface area contributed by atoms with Crippen LogP contribution in [0.4, 0.5) is 5.69 Å². The molecule has 1 aliphatic heterocycles. The molecule has 2 rings (SSSR count). The number of amides is 2. The lowest BCUT2D eigenvalue weighted by Crippen LogP contribution is -2.41. The van der Waals surface area contributed by atoms with E-state index in [1.807, 2.05) is 0 Å². The Balaban J connectivity index is 1.91. The maximum atomic E-state index is 12.3. The van der Waals surface area contributed by atoms with Gasteiger partial charge in [-0.25, -0.2) is 8.42 Å². The minimum Gasteiger partial charge on any atom is -0.354 e. The molecule has 1 heterocycles. The number of carbonyl (C=O) groups excluding carboxylic acids is 2. The van der Waals surface area contributed by atoms with E-state index in [9.17, 15) is 18.0 Å². The molecule has 162 valence electrons. The third kappa shape index (κ3) is 7.32. The summed E-state index contributed by atoms with van der Waals surface area (Å²) in [6.07, 6.45) is 5.66. The van der Waals surface area contributed by atoms with Gasteiger partial charge < -0.3 is 15.1 Å². The third-order valence-electron chi connectivity index (χ3n) is 4.92. The zero-order chi connectivity index (χ0) is 21.4. The molecule has 0 atom stereocenters. The maximum absolute atomic E-state index is 12.3. The summed E-state index contributed by atoms with van der Waals surface area (Å²) in [4.78, 5) is 28.1. The van der Waals surface area contributed by atoms with E-state index in [4.69, 9.17) is 0 Å². The van der Waals surface area contributed by atoms with E-state index < -0.39 is 10.0 Å². The van der Waals surface area contributed by atoms with Crippen LogP contribution in [-0.2, 0) is 14.8 Å². The van der Waals surface area contributed by atoms with Crippen LogP contribution < -0.4 is 9.62 Å². The van der Waals surface area contributed by atoms with Crippen LogP contribution in [0.25, 0.3) is 0 Å². The van der Waals surface area contributed by atoms with Crippen molar-refractivity contribution in [1.82, 2.24) is 15.1 Å². The summed E-state index contributed by atoms with van der Waals surface area (Å²) in [6.45, 7) is 3.40. The highest BCUT2D eigenvalue weighted by Crippen LogP contribution is 2.18. The predicted octanol–water partition coefficient (Wildman–Crippen LogP) is 1.15. The van der Waals surface area contributed by atoms with Crippen molar-refractivity contribution < 1.29 is 18.0 Å². The van der Waals surface area contributed by atoms with Crippen LogP contribution in [0, 0.1) is 0 Å². The zero-order valence-corrected chi connectivity index (χ0v) is 18.4. The smallest absolute Gasteiger partial charge is 0.253 e. The highest BCUT2D eigenvalue weighted by molar-refractivity contribution is 7.92. The van der Waals surface area contributed by atoms with Crippen LogP contribution in [0.15, 0.2) is 24.3 Å². The average molecular weight is 425 g/mol. The fraction of sp³-hybridized carbons (Fsp3) is 0.600. The summed E-state index contributed by atoms with van der Waals surface area (Å²) in [7, 11) is -0.346. The van der Waals surface area contributed by atoms with Crippen molar-refractivity contribution in [2.24, 2.45) is 0 Å². The quantitative estimate of drug-likeness (QED) is 0.601. The Bertz CT molecular complexity index is 787. The van der Waals surface area contributed by atoms with E-state index in [1.54, 1.807) is 38.4 Å². The van der Waals surface area contributed by atoms with Crippen LogP contribution in [-0.4, -0.2) is 83.1 Å². The summed E-state index contributed by atoms with van der Waals surface area (Å²) in [5.74, 6) is -0.517. The minimum absolute atomic E-state index is 0.172. The molecule has 0 bridgehead atoms. The zero-order valence-electron chi connectivity index (χ0n) is 17.6. The molecular weight excluding hydrogens is 392 g/mol. The molecule has 1 aliphatic rings. The number of likely N-dealkylation sites (tertiary alicyclic amines) is 1. The fourth-order valence-electron chi connectivity index (χ4n) is 3.33. The minimum atomic E-state index is -3.64. The molecule has 0 radical (unpaired) electrons. The molecule has 0 aromatic heterocycles. The first-order valence-corrected chi connectivity index (χ1v) is 11.8. The summed E-state index contributed by atoms with van der Waals surface area (Å²) >= 11 is 0. The van der Waals surface area contributed by atoms with E-state index in [-0.39, 0.29) is 18.4 Å². The monoisotopic (exact) mass is 424 g/mol. The number of piperidine rings is 1. The van der Waals surface area contributed by atoms with Gasteiger partial charge in [0.25, 0.3) is 5.91 Å². The number of hydrogen-bond donors (Lipinski definition) is 1. The molecule has 1 N–H and O–H groups in total. The van der Waals surface area contributed by atoms with Crippen molar-refractivity contribution in [3.63, 3.8) is 0 Å². The Labute approximate surface area is 173 Å². The van der Waals surface area contributed by atoms with Gasteiger partial charge in [-0.1, -0.05) is 6.42 Å². The Morgan fingerprint density at radius 2 is 1.69 bits per heavy atom. The van der Waals surface area contributed by atoms with Gasteiger partial charge in [0.2, 0.25) is 15.9 Å². The first-order chi connectivity index (χ1) is 13.7. The Kier molecular flexibility index (Phi) is 8.45. The van der Waals surface area contributed by atoms with E-state index in [0.29, 0.717) is 17.8 Å². The number of carbonyl (C=O) groups is 2. The van der Waals surface area contributed by atoms with Gasteiger partial charge in [0, 0.05) is 26.2 Å². The van der Waals surface area contributed by atoms with E-state index in [2.05, 4.69) is 10.2 Å². The van der Waals surface area contributed by atoms with E-state index >= 15 is 0 Å². The third-order valence-corrected chi connectivity index (χ3v) is 6.06. The number of benzene rings is 1. The maximum Gasteiger partial charge on any atom is 0.253 e. The average Bonchev–Trinajstić information content (AvgIpc) is 2.69. The van der Waals surface area contributed by atoms with Gasteiger partial charge in [-0.2, -0.15) is 0 Å². The number of sulfonamides is 1. The van der Waals surface area contributed by atoms with Crippen molar-refractivity contribution in [3.8, 4) is 0 Å². The topological polar surface area (TPSA) is 90.0 Å². The largest absolute Gasteiger partial charge is 0.354 e. The number of nitrogens with one attached hydrogen (secondary N) is 1. The highest BCUT2D eigenvalue weighted by Gasteiger charge is 2.21. The first-order valence-electron chi connectivity index (χ1n) is 9.97. The lowest BCUT2D eigenvalue weighted by Gasteiger charge is -2.26. The van der Waals surface area contributed by atoms with Crippen LogP contribution in [0.1, 0.15) is 36.0 Å². The molecule has 1 aromatic carbocycles. The molecule has 8 nitrogen and oxygen atoms in total. The second-order valence-corrected chi connectivity index (χ2v) is 9.53. The fourth-order valence-corrected chi connectivity index (χ4v) is 4.18. The van der Waals surface area contributed by atoms with Crippen molar-refractivity contribution in [3.05, 3.63) is 29.8 Å². The van der Waals surface area contributed by atoms with Gasteiger partial charge in [0.1, 0.15) is 6.54 Å².